The Bertz CT molecular complexity index is 600. The Kier molecular flexibility index (Phi) is 4.29. The number of nitrogens with zero attached hydrogens (tertiary/aromatic N) is 1. The molecule has 0 bridgehead atoms. The van der Waals surface area contributed by atoms with E-state index in [0.717, 1.165) is 5.56 Å². The first kappa shape index (κ1) is 14.8. The van der Waals surface area contributed by atoms with Crippen LogP contribution in [-0.2, 0) is 21.2 Å². The lowest BCUT2D eigenvalue weighted by atomic mass is 10.1. The largest absolute Gasteiger partial charge is 0.508 e. The van der Waals surface area contributed by atoms with Crippen molar-refractivity contribution in [1.29, 1.82) is 0 Å². The Balaban J connectivity index is 1.91. The third-order valence-corrected chi connectivity index (χ3v) is 4.34. The van der Waals surface area contributed by atoms with Crippen molar-refractivity contribution in [1.82, 2.24) is 4.90 Å². The fourth-order valence-electron chi connectivity index (χ4n) is 2.49. The highest BCUT2D eigenvalue weighted by molar-refractivity contribution is 7.89. The maximum Gasteiger partial charge on any atom is 0.222 e. The van der Waals surface area contributed by atoms with Crippen molar-refractivity contribution >= 4 is 15.9 Å². The Morgan fingerprint density at radius 3 is 2.70 bits per heavy atom. The molecule has 7 heteroatoms. The van der Waals surface area contributed by atoms with Gasteiger partial charge in [0.25, 0.3) is 0 Å². The maximum atomic E-state index is 11.8. The lowest BCUT2D eigenvalue weighted by Gasteiger charge is -2.16. The van der Waals surface area contributed by atoms with E-state index in [-0.39, 0.29) is 29.7 Å². The van der Waals surface area contributed by atoms with Gasteiger partial charge in [-0.15, -0.1) is 0 Å². The Morgan fingerprint density at radius 2 is 2.05 bits per heavy atom. The molecular formula is C13H18N2O4S. The van der Waals surface area contributed by atoms with Crippen LogP contribution in [0.5, 0.6) is 5.75 Å². The van der Waals surface area contributed by atoms with Crippen LogP contribution in [0.25, 0.3) is 0 Å². The van der Waals surface area contributed by atoms with Gasteiger partial charge < -0.3 is 10.0 Å². The van der Waals surface area contributed by atoms with Gasteiger partial charge in [-0.1, -0.05) is 18.2 Å². The van der Waals surface area contributed by atoms with Gasteiger partial charge in [0, 0.05) is 25.4 Å². The standard InChI is InChI=1S/C13H18N2O4S/c14-20(18,19)9-10-7-13(17)15(8-10)6-5-11-3-1-2-4-12(11)16/h1-4,10,16H,5-9H2,(H2,14,18,19). The molecule has 110 valence electrons. The minimum absolute atomic E-state index is 0.0610. The highest BCUT2D eigenvalue weighted by Gasteiger charge is 2.31. The lowest BCUT2D eigenvalue weighted by molar-refractivity contribution is -0.127. The third kappa shape index (κ3) is 3.94. The predicted molar refractivity (Wildman–Crippen MR) is 74.5 cm³/mol. The van der Waals surface area contributed by atoms with Crippen molar-refractivity contribution in [3.63, 3.8) is 0 Å². The van der Waals surface area contributed by atoms with Gasteiger partial charge in [-0.05, 0) is 18.1 Å². The van der Waals surface area contributed by atoms with Crippen LogP contribution >= 0.6 is 0 Å². The van der Waals surface area contributed by atoms with Crippen molar-refractivity contribution in [2.75, 3.05) is 18.8 Å². The zero-order chi connectivity index (χ0) is 14.8. The molecule has 6 nitrogen and oxygen atoms in total. The summed E-state index contributed by atoms with van der Waals surface area (Å²) in [6, 6.07) is 6.97. The van der Waals surface area contributed by atoms with Crippen molar-refractivity contribution < 1.29 is 18.3 Å². The van der Waals surface area contributed by atoms with Crippen LogP contribution < -0.4 is 5.14 Å². The van der Waals surface area contributed by atoms with Gasteiger partial charge in [0.1, 0.15) is 5.75 Å². The number of carbonyl (C=O) groups excluding carboxylic acids is 1. The summed E-state index contributed by atoms with van der Waals surface area (Å²) in [6.45, 7) is 0.875. The highest BCUT2D eigenvalue weighted by atomic mass is 32.2. The zero-order valence-corrected chi connectivity index (χ0v) is 11.8. The highest BCUT2D eigenvalue weighted by Crippen LogP contribution is 2.21. The number of benzene rings is 1. The number of carbonyl (C=O) groups is 1. The summed E-state index contributed by atoms with van der Waals surface area (Å²) in [7, 11) is -3.55. The summed E-state index contributed by atoms with van der Waals surface area (Å²) in [5.41, 5.74) is 0.773. The molecule has 0 aliphatic carbocycles. The van der Waals surface area contributed by atoms with E-state index in [1.54, 1.807) is 23.1 Å². The van der Waals surface area contributed by atoms with Crippen LogP contribution in [0.1, 0.15) is 12.0 Å². The molecule has 1 fully saturated rings. The Hall–Kier alpha value is -1.60. The number of likely N-dealkylation sites (tertiary alicyclic amines) is 1. The van der Waals surface area contributed by atoms with E-state index in [0.29, 0.717) is 19.5 Å². The van der Waals surface area contributed by atoms with Crippen molar-refractivity contribution in [2.24, 2.45) is 11.1 Å². The molecule has 1 aromatic rings. The van der Waals surface area contributed by atoms with Crippen LogP contribution in [0.2, 0.25) is 0 Å². The molecule has 3 N–H and O–H groups in total. The normalized spacial score (nSPS) is 19.6. The molecule has 0 spiro atoms. The monoisotopic (exact) mass is 298 g/mol. The van der Waals surface area contributed by atoms with Gasteiger partial charge in [0.05, 0.1) is 5.75 Å². The molecule has 1 aliphatic rings. The molecule has 0 saturated carbocycles. The van der Waals surface area contributed by atoms with Crippen molar-refractivity contribution in [3.05, 3.63) is 29.8 Å². The summed E-state index contributed by atoms with van der Waals surface area (Å²) in [5.74, 6) is -0.248. The van der Waals surface area contributed by atoms with Crippen LogP contribution in [-0.4, -0.2) is 43.2 Å². The molecule has 20 heavy (non-hydrogen) atoms. The van der Waals surface area contributed by atoms with E-state index in [2.05, 4.69) is 0 Å². The average Bonchev–Trinajstić information content (AvgIpc) is 2.66. The third-order valence-electron chi connectivity index (χ3n) is 3.41. The number of rotatable bonds is 5. The smallest absolute Gasteiger partial charge is 0.222 e. The SMILES string of the molecule is NS(=O)(=O)CC1CC(=O)N(CCc2ccccc2O)C1. The van der Waals surface area contributed by atoms with E-state index in [4.69, 9.17) is 5.14 Å². The topological polar surface area (TPSA) is 101 Å². The summed E-state index contributed by atoms with van der Waals surface area (Å²) in [4.78, 5) is 13.4. The van der Waals surface area contributed by atoms with E-state index in [9.17, 15) is 18.3 Å². The van der Waals surface area contributed by atoms with Crippen LogP contribution in [0.4, 0.5) is 0 Å². The van der Waals surface area contributed by atoms with E-state index in [1.807, 2.05) is 6.07 Å². The Morgan fingerprint density at radius 1 is 1.35 bits per heavy atom. The molecule has 1 aromatic carbocycles. The summed E-state index contributed by atoms with van der Waals surface area (Å²) in [5, 5.41) is 14.7. The first-order valence-corrected chi connectivity index (χ1v) is 8.12. The lowest BCUT2D eigenvalue weighted by Crippen LogP contribution is -2.29. The number of nitrogens with two attached hydrogens (primary N) is 1. The second-order valence-electron chi connectivity index (χ2n) is 5.12. The van der Waals surface area contributed by atoms with Gasteiger partial charge in [-0.25, -0.2) is 13.6 Å². The number of phenolic OH excluding ortho intramolecular Hbond substituents is 1. The number of primary sulfonamides is 1. The van der Waals surface area contributed by atoms with Crippen molar-refractivity contribution in [2.45, 2.75) is 12.8 Å². The van der Waals surface area contributed by atoms with Gasteiger partial charge in [0.15, 0.2) is 0 Å². The zero-order valence-electron chi connectivity index (χ0n) is 11.0. The molecule has 1 unspecified atom stereocenters. The van der Waals surface area contributed by atoms with Gasteiger partial charge in [-0.2, -0.15) is 0 Å². The second kappa shape index (κ2) is 5.80. The number of hydrogen-bond acceptors (Lipinski definition) is 4. The van der Waals surface area contributed by atoms with E-state index in [1.165, 1.54) is 0 Å². The molecule has 1 aliphatic heterocycles. The van der Waals surface area contributed by atoms with Crippen LogP contribution in [0.15, 0.2) is 24.3 Å². The second-order valence-corrected chi connectivity index (χ2v) is 6.78. The van der Waals surface area contributed by atoms with Gasteiger partial charge >= 0.3 is 0 Å². The maximum absolute atomic E-state index is 11.8. The Labute approximate surface area is 118 Å². The summed E-state index contributed by atoms with van der Waals surface area (Å²) >= 11 is 0. The van der Waals surface area contributed by atoms with E-state index < -0.39 is 10.0 Å². The number of para-hydroxylation sites is 1. The predicted octanol–water partition coefficient (Wildman–Crippen LogP) is 0.0717. The number of hydrogen-bond donors (Lipinski definition) is 2. The van der Waals surface area contributed by atoms with Crippen LogP contribution in [0.3, 0.4) is 0 Å². The van der Waals surface area contributed by atoms with E-state index >= 15 is 0 Å². The molecule has 1 saturated heterocycles. The van der Waals surface area contributed by atoms with Gasteiger partial charge in [-0.3, -0.25) is 4.79 Å². The first-order valence-electron chi connectivity index (χ1n) is 6.40. The molecule has 1 amide bonds. The van der Waals surface area contributed by atoms with Crippen LogP contribution in [0, 0.1) is 5.92 Å². The van der Waals surface area contributed by atoms with Gasteiger partial charge in [0.2, 0.25) is 15.9 Å². The fraction of sp³-hybridized carbons (Fsp3) is 0.462. The number of phenols is 1. The number of aromatic hydroxyl groups is 1. The molecular weight excluding hydrogens is 280 g/mol. The first-order chi connectivity index (χ1) is 9.35. The summed E-state index contributed by atoms with van der Waals surface area (Å²) < 4.78 is 22.1. The summed E-state index contributed by atoms with van der Waals surface area (Å²) in [6.07, 6.45) is 0.762. The molecule has 1 atom stereocenters. The minimum atomic E-state index is -3.55. The number of sulfonamides is 1. The fourth-order valence-corrected chi connectivity index (χ4v) is 3.37. The molecule has 0 aromatic heterocycles. The average molecular weight is 298 g/mol. The molecule has 2 rings (SSSR count). The number of amides is 1. The minimum Gasteiger partial charge on any atom is -0.508 e. The quantitative estimate of drug-likeness (QED) is 0.803. The van der Waals surface area contributed by atoms with Crippen molar-refractivity contribution in [3.8, 4) is 5.75 Å². The molecule has 1 heterocycles. The molecule has 0 radical (unpaired) electrons.